The maximum absolute atomic E-state index is 13.0. The molecule has 0 aliphatic carbocycles. The number of nitrogens with zero attached hydrogens (tertiary/aromatic N) is 8. The minimum Gasteiger partial charge on any atom is -0.379 e. The van der Waals surface area contributed by atoms with Crippen molar-refractivity contribution < 1.29 is 57.0 Å². The van der Waals surface area contributed by atoms with Gasteiger partial charge in [0.25, 0.3) is 11.5 Å². The van der Waals surface area contributed by atoms with Crippen LogP contribution >= 0.6 is 0 Å². The summed E-state index contributed by atoms with van der Waals surface area (Å²) in [5.74, 6) is -0.310. The van der Waals surface area contributed by atoms with Crippen LogP contribution in [0.5, 0.6) is 0 Å². The number of carbonyl (C=O) groups is 3. The molecule has 2 aromatic heterocycles. The Hall–Kier alpha value is -5.60. The molecule has 1 aliphatic rings. The van der Waals surface area contributed by atoms with Crippen molar-refractivity contribution in [3.63, 3.8) is 0 Å². The summed E-state index contributed by atoms with van der Waals surface area (Å²) >= 11 is 0. The minimum absolute atomic E-state index is 0.0126. The molecule has 25 heteroatoms. The van der Waals surface area contributed by atoms with Gasteiger partial charge in [-0.3, -0.25) is 24.2 Å². The lowest BCUT2D eigenvalue weighted by molar-refractivity contribution is -0.140. The van der Waals surface area contributed by atoms with Crippen LogP contribution in [0.2, 0.25) is 0 Å². The lowest BCUT2D eigenvalue weighted by Gasteiger charge is -2.35. The molecule has 0 radical (unpaired) electrons. The molecule has 0 unspecified atom stereocenters. The zero-order valence-electron chi connectivity index (χ0n) is 39.5. The van der Waals surface area contributed by atoms with Crippen molar-refractivity contribution in [2.24, 2.45) is 5.11 Å². The van der Waals surface area contributed by atoms with Gasteiger partial charge in [-0.1, -0.05) is 5.11 Å². The zero-order valence-corrected chi connectivity index (χ0v) is 39.5. The Balaban J connectivity index is 0.882. The van der Waals surface area contributed by atoms with Crippen molar-refractivity contribution in [3.05, 3.63) is 62.5 Å². The number of fused-ring (bicyclic) bond motifs is 1. The molecule has 3 heterocycles. The van der Waals surface area contributed by atoms with E-state index in [9.17, 15) is 19.2 Å². The van der Waals surface area contributed by atoms with Crippen LogP contribution in [0.3, 0.4) is 0 Å². The summed E-state index contributed by atoms with van der Waals surface area (Å²) in [7, 11) is 0. The number of nitrogens with one attached hydrogen (secondary N) is 3. The number of H-pyrrole nitrogens is 1. The van der Waals surface area contributed by atoms with Crippen molar-refractivity contribution in [1.82, 2.24) is 35.1 Å². The van der Waals surface area contributed by atoms with E-state index in [4.69, 9.17) is 53.9 Å². The molecule has 3 aromatic rings. The van der Waals surface area contributed by atoms with E-state index in [1.165, 1.54) is 6.20 Å². The highest BCUT2D eigenvalue weighted by Gasteiger charge is 2.24. The van der Waals surface area contributed by atoms with Crippen LogP contribution < -0.4 is 21.9 Å². The molecular weight excluding hydrogens is 905 g/mol. The second-order valence-electron chi connectivity index (χ2n) is 15.3. The fourth-order valence-corrected chi connectivity index (χ4v) is 6.40. The van der Waals surface area contributed by atoms with Gasteiger partial charge in [0.2, 0.25) is 17.8 Å². The van der Waals surface area contributed by atoms with Crippen molar-refractivity contribution in [1.29, 1.82) is 0 Å². The van der Waals surface area contributed by atoms with Crippen LogP contribution in [0.25, 0.3) is 21.6 Å². The predicted molar refractivity (Wildman–Crippen MR) is 251 cm³/mol. The summed E-state index contributed by atoms with van der Waals surface area (Å²) in [5, 5.41) is 9.52. The first-order chi connectivity index (χ1) is 33.7. The number of hydrogen-bond donors (Lipinski definition) is 4. The average Bonchev–Trinajstić information content (AvgIpc) is 3.35. The fourth-order valence-electron chi connectivity index (χ4n) is 6.40. The monoisotopic (exact) mass is 973 g/mol. The number of hydrogen-bond acceptors (Lipinski definition) is 19. The van der Waals surface area contributed by atoms with Crippen molar-refractivity contribution >= 4 is 40.5 Å². The van der Waals surface area contributed by atoms with Crippen LogP contribution in [0, 0.1) is 0 Å². The molecule has 1 atom stereocenters. The number of benzene rings is 1. The molecule has 0 spiro atoms. The number of carbonyl (C=O) groups excluding carboxylic acids is 3. The van der Waals surface area contributed by atoms with E-state index in [0.717, 1.165) is 5.69 Å². The summed E-state index contributed by atoms with van der Waals surface area (Å²) in [4.78, 5) is 71.7. The average molecular weight is 973 g/mol. The van der Waals surface area contributed by atoms with Gasteiger partial charge < -0.3 is 68.8 Å². The number of aromatic nitrogens is 4. The second kappa shape index (κ2) is 34.6. The van der Waals surface area contributed by atoms with Gasteiger partial charge in [0, 0.05) is 61.3 Å². The smallest absolute Gasteiger partial charge is 0.280 e. The standard InChI is InChI=1S/C44H68N12O13/c1-34(50-42(59)35-3-5-36(6-4-35)47-32-37-33-48-41-40(51-37)43(60)53-44(45)52-41)2-7-38(57)55-10-12-56(13-11-55)39(58)8-14-61-16-18-63-20-22-65-24-26-67-28-30-69-31-29-68-27-25-66-23-21-64-19-17-62-15-9-49-54-46/h3-6,33-34,47H,2,7-32H2,1H3,(H,50,59)(H3,45,48,52,53,60)/t34-/m1/s1. The molecule has 1 saturated heterocycles. The first-order valence-corrected chi connectivity index (χ1v) is 23.2. The van der Waals surface area contributed by atoms with Gasteiger partial charge in [-0.25, -0.2) is 9.97 Å². The number of nitrogens with two attached hydrogens (primary N) is 1. The second-order valence-corrected chi connectivity index (χ2v) is 15.3. The maximum Gasteiger partial charge on any atom is 0.280 e. The Morgan fingerprint density at radius 2 is 1.17 bits per heavy atom. The van der Waals surface area contributed by atoms with Crippen molar-refractivity contribution in [3.8, 4) is 0 Å². The molecule has 0 bridgehead atoms. The van der Waals surface area contributed by atoms with Gasteiger partial charge >= 0.3 is 0 Å². The van der Waals surface area contributed by atoms with Crippen molar-refractivity contribution in [2.45, 2.75) is 38.8 Å². The molecule has 25 nitrogen and oxygen atoms in total. The molecule has 69 heavy (non-hydrogen) atoms. The Kier molecular flexibility index (Phi) is 28.1. The van der Waals surface area contributed by atoms with Crippen LogP contribution in [0.1, 0.15) is 42.2 Å². The van der Waals surface area contributed by atoms with Crippen LogP contribution in [0.15, 0.2) is 40.4 Å². The van der Waals surface area contributed by atoms with Gasteiger partial charge in [0.15, 0.2) is 11.2 Å². The quantitative estimate of drug-likeness (QED) is 0.0272. The lowest BCUT2D eigenvalue weighted by atomic mass is 10.1. The van der Waals surface area contributed by atoms with Crippen LogP contribution in [0.4, 0.5) is 11.6 Å². The highest BCUT2D eigenvalue weighted by atomic mass is 16.6. The third-order valence-electron chi connectivity index (χ3n) is 10.1. The number of aromatic amines is 1. The van der Waals surface area contributed by atoms with E-state index in [1.807, 2.05) is 6.92 Å². The first kappa shape index (κ1) is 56.0. The molecule has 0 saturated carbocycles. The molecule has 3 amide bonds. The largest absolute Gasteiger partial charge is 0.379 e. The number of nitrogen functional groups attached to an aromatic ring is 1. The first-order valence-electron chi connectivity index (χ1n) is 23.2. The van der Waals surface area contributed by atoms with E-state index in [2.05, 4.69) is 40.6 Å². The fraction of sp³-hybridized carbons (Fsp3) is 0.659. The number of ether oxygens (including phenoxy) is 9. The summed E-state index contributed by atoms with van der Waals surface area (Å²) in [6.45, 7) is 12.0. The lowest BCUT2D eigenvalue weighted by Crippen LogP contribution is -2.50. The number of amides is 3. The summed E-state index contributed by atoms with van der Waals surface area (Å²) in [5.41, 5.74) is 15.3. The van der Waals surface area contributed by atoms with Gasteiger partial charge in [0.05, 0.1) is 144 Å². The summed E-state index contributed by atoms with van der Waals surface area (Å²) < 4.78 is 49.1. The van der Waals surface area contributed by atoms with E-state index in [1.54, 1.807) is 34.1 Å². The van der Waals surface area contributed by atoms with Crippen LogP contribution in [-0.4, -0.2) is 205 Å². The maximum atomic E-state index is 13.0. The number of piperazine rings is 1. The molecule has 4 rings (SSSR count). The van der Waals surface area contributed by atoms with Crippen LogP contribution in [-0.2, 0) is 58.8 Å². The number of rotatable bonds is 38. The molecule has 1 fully saturated rings. The van der Waals surface area contributed by atoms with Gasteiger partial charge in [-0.15, -0.1) is 0 Å². The number of anilines is 2. The van der Waals surface area contributed by atoms with Gasteiger partial charge in [-0.2, -0.15) is 4.98 Å². The van der Waals surface area contributed by atoms with Gasteiger partial charge in [0.1, 0.15) is 0 Å². The zero-order chi connectivity index (χ0) is 49.2. The SMILES string of the molecule is C[C@H](CCC(=O)N1CCN(C(=O)CCOCCOCCOCCOCCOCCOCCOCCOCCOCCN=[N+]=[N-])CC1)NC(=O)c1ccc(NCc2cnc3nc(N)[nH]c(=O)c3n2)cc1. The Labute approximate surface area is 400 Å². The number of azide groups is 1. The van der Waals surface area contributed by atoms with E-state index >= 15 is 0 Å². The molecule has 382 valence electrons. The van der Waals surface area contributed by atoms with E-state index in [0.29, 0.717) is 163 Å². The Bertz CT molecular complexity index is 2040. The van der Waals surface area contributed by atoms with E-state index in [-0.39, 0.29) is 66.9 Å². The Morgan fingerprint density at radius 3 is 1.67 bits per heavy atom. The third-order valence-corrected chi connectivity index (χ3v) is 10.1. The molecule has 1 aromatic carbocycles. The third kappa shape index (κ3) is 24.0. The van der Waals surface area contributed by atoms with Crippen molar-refractivity contribution in [2.75, 3.05) is 163 Å². The Morgan fingerprint density at radius 1 is 0.710 bits per heavy atom. The summed E-state index contributed by atoms with van der Waals surface area (Å²) in [6, 6.07) is 6.68. The minimum atomic E-state index is -0.469. The predicted octanol–water partition coefficient (Wildman–Crippen LogP) is 1.33. The highest BCUT2D eigenvalue weighted by molar-refractivity contribution is 5.94. The molecular formula is C44H68N12O13. The molecule has 1 aliphatic heterocycles. The highest BCUT2D eigenvalue weighted by Crippen LogP contribution is 2.13. The van der Waals surface area contributed by atoms with Gasteiger partial charge in [-0.05, 0) is 43.1 Å². The molecule has 5 N–H and O–H groups in total. The summed E-state index contributed by atoms with van der Waals surface area (Å²) in [6.07, 6.45) is 2.51. The topological polar surface area (TPSA) is 311 Å². The van der Waals surface area contributed by atoms with E-state index < -0.39 is 5.56 Å². The normalized spacial score (nSPS) is 13.1.